The number of hydrogen-bond donors (Lipinski definition) is 2. The monoisotopic (exact) mass is 356 g/mol. The Morgan fingerprint density at radius 3 is 2.69 bits per heavy atom. The first-order valence-corrected chi connectivity index (χ1v) is 8.76. The molecule has 0 radical (unpaired) electrons. The van der Waals surface area contributed by atoms with E-state index in [1.54, 1.807) is 20.4 Å². The van der Waals surface area contributed by atoms with Crippen LogP contribution >= 0.6 is 0 Å². The summed E-state index contributed by atoms with van der Waals surface area (Å²) in [5.74, 6) is 2.33. The Labute approximate surface area is 155 Å². The lowest BCUT2D eigenvalue weighted by molar-refractivity contribution is 0.394. The molecule has 0 amide bonds. The van der Waals surface area contributed by atoms with Crippen molar-refractivity contribution in [2.75, 3.05) is 20.8 Å². The van der Waals surface area contributed by atoms with Gasteiger partial charge < -0.3 is 20.1 Å². The van der Waals surface area contributed by atoms with Gasteiger partial charge in [-0.15, -0.1) is 0 Å². The molecule has 0 aliphatic carbocycles. The van der Waals surface area contributed by atoms with Crippen LogP contribution < -0.4 is 20.1 Å². The second kappa shape index (κ2) is 9.65. The van der Waals surface area contributed by atoms with Crippen molar-refractivity contribution in [3.8, 4) is 11.5 Å². The number of nitrogens with one attached hydrogen (secondary N) is 2. The fraction of sp³-hybridized carbons (Fsp3) is 0.400. The Kier molecular flexibility index (Phi) is 7.26. The van der Waals surface area contributed by atoms with Crippen molar-refractivity contribution in [2.45, 2.75) is 33.4 Å². The first-order valence-electron chi connectivity index (χ1n) is 8.76. The molecule has 0 spiro atoms. The van der Waals surface area contributed by atoms with Crippen LogP contribution in [0.3, 0.4) is 0 Å². The Hall–Kier alpha value is -2.76. The van der Waals surface area contributed by atoms with Crippen LogP contribution in [0.5, 0.6) is 11.5 Å². The number of methoxy groups -OCH3 is 2. The van der Waals surface area contributed by atoms with E-state index in [0.29, 0.717) is 6.54 Å². The lowest BCUT2D eigenvalue weighted by atomic mass is 10.1. The van der Waals surface area contributed by atoms with E-state index in [4.69, 9.17) is 9.47 Å². The van der Waals surface area contributed by atoms with E-state index in [2.05, 4.69) is 27.5 Å². The summed E-state index contributed by atoms with van der Waals surface area (Å²) < 4.78 is 10.8. The smallest absolute Gasteiger partial charge is 0.192 e. The highest BCUT2D eigenvalue weighted by Crippen LogP contribution is 2.29. The van der Waals surface area contributed by atoms with Crippen molar-refractivity contribution < 1.29 is 9.47 Å². The van der Waals surface area contributed by atoms with E-state index in [-0.39, 0.29) is 6.04 Å². The average molecular weight is 356 g/mol. The zero-order valence-corrected chi connectivity index (χ0v) is 16.2. The predicted octanol–water partition coefficient (Wildman–Crippen LogP) is 3.22. The minimum absolute atomic E-state index is 0.0114. The van der Waals surface area contributed by atoms with Crippen LogP contribution in [-0.4, -0.2) is 31.7 Å². The number of rotatable bonds is 7. The van der Waals surface area contributed by atoms with Gasteiger partial charge in [-0.2, -0.15) is 0 Å². The molecule has 1 aromatic heterocycles. The van der Waals surface area contributed by atoms with Crippen LogP contribution in [0.1, 0.15) is 36.7 Å². The van der Waals surface area contributed by atoms with Gasteiger partial charge in [0.2, 0.25) is 0 Å². The number of benzene rings is 1. The van der Waals surface area contributed by atoms with Gasteiger partial charge in [0.15, 0.2) is 5.96 Å². The summed E-state index contributed by atoms with van der Waals surface area (Å²) in [4.78, 5) is 9.07. The van der Waals surface area contributed by atoms with Crippen LogP contribution in [0.25, 0.3) is 0 Å². The van der Waals surface area contributed by atoms with Crippen molar-refractivity contribution in [1.29, 1.82) is 0 Å². The molecule has 6 nitrogen and oxygen atoms in total. The van der Waals surface area contributed by atoms with Crippen molar-refractivity contribution in [3.05, 3.63) is 53.3 Å². The van der Waals surface area contributed by atoms with Crippen molar-refractivity contribution in [2.24, 2.45) is 4.99 Å². The summed E-state index contributed by atoms with van der Waals surface area (Å²) in [6.45, 7) is 7.44. The lowest BCUT2D eigenvalue weighted by Crippen LogP contribution is -2.38. The molecule has 0 bridgehead atoms. The minimum atomic E-state index is -0.0114. The first kappa shape index (κ1) is 19.6. The highest BCUT2D eigenvalue weighted by Gasteiger charge is 2.14. The molecule has 0 saturated heterocycles. The topological polar surface area (TPSA) is 67.8 Å². The normalized spacial score (nSPS) is 12.4. The Morgan fingerprint density at radius 2 is 2.04 bits per heavy atom. The van der Waals surface area contributed by atoms with Crippen LogP contribution in [0, 0.1) is 6.92 Å². The second-order valence-electron chi connectivity index (χ2n) is 5.94. The Bertz CT molecular complexity index is 746. The average Bonchev–Trinajstić information content (AvgIpc) is 2.66. The molecule has 0 saturated carbocycles. The third-order valence-electron chi connectivity index (χ3n) is 4.11. The first-order chi connectivity index (χ1) is 12.6. The standard InChI is InChI=1S/C20H28N4O2/c1-6-21-20(23-13-18-14(2)8-7-11-22-18)24-15(3)17-12-16(25-4)9-10-19(17)26-5/h7-12,15H,6,13H2,1-5H3,(H2,21,23,24). The van der Waals surface area contributed by atoms with Gasteiger partial charge in [-0.3, -0.25) is 4.98 Å². The molecule has 2 N–H and O–H groups in total. The van der Waals surface area contributed by atoms with Gasteiger partial charge in [0.05, 0.1) is 32.5 Å². The summed E-state index contributed by atoms with van der Waals surface area (Å²) in [5, 5.41) is 6.70. The molecule has 1 atom stereocenters. The molecule has 6 heteroatoms. The van der Waals surface area contributed by atoms with E-state index < -0.39 is 0 Å². The van der Waals surface area contributed by atoms with E-state index in [1.165, 1.54) is 0 Å². The minimum Gasteiger partial charge on any atom is -0.497 e. The zero-order chi connectivity index (χ0) is 18.9. The maximum atomic E-state index is 5.49. The van der Waals surface area contributed by atoms with Gasteiger partial charge in [0, 0.05) is 18.3 Å². The number of aryl methyl sites for hydroxylation is 1. The van der Waals surface area contributed by atoms with Crippen LogP contribution in [-0.2, 0) is 6.54 Å². The summed E-state index contributed by atoms with van der Waals surface area (Å²) in [7, 11) is 3.32. The van der Waals surface area contributed by atoms with Crippen LogP contribution in [0.15, 0.2) is 41.5 Å². The zero-order valence-electron chi connectivity index (χ0n) is 16.2. The third-order valence-corrected chi connectivity index (χ3v) is 4.11. The summed E-state index contributed by atoms with van der Waals surface area (Å²) in [6, 6.07) is 9.74. The van der Waals surface area contributed by atoms with Crippen molar-refractivity contribution in [3.63, 3.8) is 0 Å². The number of nitrogens with zero attached hydrogens (tertiary/aromatic N) is 2. The number of guanidine groups is 1. The van der Waals surface area contributed by atoms with Crippen molar-refractivity contribution in [1.82, 2.24) is 15.6 Å². The Morgan fingerprint density at radius 1 is 1.23 bits per heavy atom. The number of hydrogen-bond acceptors (Lipinski definition) is 4. The molecule has 2 aromatic rings. The van der Waals surface area contributed by atoms with Gasteiger partial charge in [-0.05, 0) is 50.6 Å². The molecule has 0 aliphatic rings. The van der Waals surface area contributed by atoms with Crippen molar-refractivity contribution >= 4 is 5.96 Å². The maximum Gasteiger partial charge on any atom is 0.192 e. The SMILES string of the molecule is CCNC(=NCc1ncccc1C)NC(C)c1cc(OC)ccc1OC. The molecule has 2 rings (SSSR count). The van der Waals surface area contributed by atoms with Crippen LogP contribution in [0.4, 0.5) is 0 Å². The maximum absolute atomic E-state index is 5.49. The number of pyridine rings is 1. The summed E-state index contributed by atoms with van der Waals surface area (Å²) in [5.41, 5.74) is 3.11. The second-order valence-corrected chi connectivity index (χ2v) is 5.94. The fourth-order valence-corrected chi connectivity index (χ4v) is 2.62. The molecule has 26 heavy (non-hydrogen) atoms. The molecule has 0 aliphatic heterocycles. The quantitative estimate of drug-likeness (QED) is 0.589. The Balaban J connectivity index is 2.18. The molecule has 1 aromatic carbocycles. The van der Waals surface area contributed by atoms with Gasteiger partial charge in [0.1, 0.15) is 11.5 Å². The van der Waals surface area contributed by atoms with E-state index in [1.807, 2.05) is 44.2 Å². The van der Waals surface area contributed by atoms with Gasteiger partial charge in [-0.25, -0.2) is 4.99 Å². The largest absolute Gasteiger partial charge is 0.497 e. The molecule has 0 fully saturated rings. The molecule has 1 heterocycles. The summed E-state index contributed by atoms with van der Waals surface area (Å²) in [6.07, 6.45) is 1.79. The van der Waals surface area contributed by atoms with E-state index in [9.17, 15) is 0 Å². The third kappa shape index (κ3) is 5.12. The van der Waals surface area contributed by atoms with E-state index in [0.717, 1.165) is 40.8 Å². The highest BCUT2D eigenvalue weighted by molar-refractivity contribution is 5.80. The number of aliphatic imine (C=N–C) groups is 1. The van der Waals surface area contributed by atoms with E-state index >= 15 is 0 Å². The highest BCUT2D eigenvalue weighted by atomic mass is 16.5. The van der Waals surface area contributed by atoms with Gasteiger partial charge >= 0.3 is 0 Å². The number of ether oxygens (including phenoxy) is 2. The molecular weight excluding hydrogens is 328 g/mol. The molecule has 140 valence electrons. The lowest BCUT2D eigenvalue weighted by Gasteiger charge is -2.21. The summed E-state index contributed by atoms with van der Waals surface area (Å²) >= 11 is 0. The predicted molar refractivity (Wildman–Crippen MR) is 105 cm³/mol. The van der Waals surface area contributed by atoms with Gasteiger partial charge in [-0.1, -0.05) is 6.07 Å². The van der Waals surface area contributed by atoms with Crippen LogP contribution in [0.2, 0.25) is 0 Å². The molecular formula is C20H28N4O2. The number of aromatic nitrogens is 1. The fourth-order valence-electron chi connectivity index (χ4n) is 2.62. The van der Waals surface area contributed by atoms with Gasteiger partial charge in [0.25, 0.3) is 0 Å². The molecule has 1 unspecified atom stereocenters.